The van der Waals surface area contributed by atoms with Gasteiger partial charge < -0.3 is 9.16 Å². The number of hydrogen-bond acceptors (Lipinski definition) is 3. The van der Waals surface area contributed by atoms with Gasteiger partial charge in [0.2, 0.25) is 0 Å². The van der Waals surface area contributed by atoms with Crippen molar-refractivity contribution in [3.63, 3.8) is 0 Å². The molecule has 0 aliphatic carbocycles. The molecule has 0 radical (unpaired) electrons. The van der Waals surface area contributed by atoms with Gasteiger partial charge in [-0.05, 0) is 45.3 Å². The molecule has 5 rings (SSSR count). The van der Waals surface area contributed by atoms with Gasteiger partial charge in [0.05, 0.1) is 5.69 Å². The van der Waals surface area contributed by atoms with E-state index in [0.717, 1.165) is 16.8 Å². The molecular weight excluding hydrogens is 599 g/mol. The van der Waals surface area contributed by atoms with Gasteiger partial charge in [-0.15, -0.1) is 5.54 Å². The molecule has 1 heterocycles. The molecule has 2 atom stereocenters. The Morgan fingerprint density at radius 3 is 1.87 bits per heavy atom. The molecule has 6 heteroatoms. The molecule has 0 spiro atoms. The van der Waals surface area contributed by atoms with Crippen molar-refractivity contribution in [1.29, 1.82) is 0 Å². The lowest BCUT2D eigenvalue weighted by Gasteiger charge is -2.44. The lowest BCUT2D eigenvalue weighted by atomic mass is 9.88. The average Bonchev–Trinajstić information content (AvgIpc) is 3.04. The SMILES string of the molecule is C[C@H](CO[Si](c1ccccc1)(c1ccccc1)C(C)(C)C)C1=C[C@H](C#C[Si](C)(C)C)N(C(=O)Oc2ccccc2)c2ccccc21. The Balaban J connectivity index is 1.56. The van der Waals surface area contributed by atoms with Crippen LogP contribution in [0.5, 0.6) is 5.75 Å². The molecule has 1 amide bonds. The highest BCUT2D eigenvalue weighted by atomic mass is 28.4. The van der Waals surface area contributed by atoms with E-state index in [-0.39, 0.29) is 11.0 Å². The average molecular weight is 644 g/mol. The second kappa shape index (κ2) is 13.7. The predicted molar refractivity (Wildman–Crippen MR) is 197 cm³/mol. The maximum atomic E-state index is 13.8. The van der Waals surface area contributed by atoms with Crippen LogP contribution in [0.15, 0.2) is 121 Å². The number of anilines is 1. The first-order valence-electron chi connectivity index (χ1n) is 16.1. The summed E-state index contributed by atoms with van der Waals surface area (Å²) in [5.41, 5.74) is 6.45. The molecule has 1 aliphatic rings. The Labute approximate surface area is 277 Å². The summed E-state index contributed by atoms with van der Waals surface area (Å²) in [6.07, 6.45) is 1.71. The summed E-state index contributed by atoms with van der Waals surface area (Å²) in [5.74, 6) is 4.02. The highest BCUT2D eigenvalue weighted by Crippen LogP contribution is 2.41. The van der Waals surface area contributed by atoms with Crippen molar-refractivity contribution in [2.75, 3.05) is 11.5 Å². The van der Waals surface area contributed by atoms with Crippen LogP contribution in [0.3, 0.4) is 0 Å². The minimum absolute atomic E-state index is 0.0336. The molecule has 46 heavy (non-hydrogen) atoms. The third-order valence-electron chi connectivity index (χ3n) is 8.33. The van der Waals surface area contributed by atoms with Crippen LogP contribution < -0.4 is 20.0 Å². The number of para-hydroxylation sites is 2. The third kappa shape index (κ3) is 7.13. The molecule has 0 bridgehead atoms. The summed E-state index contributed by atoms with van der Waals surface area (Å²) >= 11 is 0. The Hall–Kier alpha value is -4.16. The lowest BCUT2D eigenvalue weighted by Crippen LogP contribution is -2.66. The van der Waals surface area contributed by atoms with E-state index in [1.165, 1.54) is 10.4 Å². The number of benzene rings is 4. The minimum atomic E-state index is -2.73. The quantitative estimate of drug-likeness (QED) is 0.150. The van der Waals surface area contributed by atoms with Crippen molar-refractivity contribution in [1.82, 2.24) is 0 Å². The maximum absolute atomic E-state index is 13.8. The number of fused-ring (bicyclic) bond motifs is 1. The largest absolute Gasteiger partial charge is 0.421 e. The van der Waals surface area contributed by atoms with Gasteiger partial charge in [0.25, 0.3) is 8.32 Å². The van der Waals surface area contributed by atoms with Crippen LogP contribution in [0, 0.1) is 17.4 Å². The number of ether oxygens (including phenoxy) is 1. The molecule has 4 aromatic carbocycles. The number of carbonyl (C=O) groups is 1. The standard InChI is InChI=1S/C40H45NO3Si2/c1-31(30-43-46(40(2,3)4,34-21-13-9-14-22-34)35-23-15-10-16-24-35)37-29-32(27-28-45(5,6)7)41(38-26-18-17-25-36(37)38)39(42)44-33-19-11-8-12-20-33/h8-26,29,31-32H,30H2,1-7H3/t31-,32+/m1/s1. The van der Waals surface area contributed by atoms with Gasteiger partial charge in [-0.2, -0.15) is 0 Å². The van der Waals surface area contributed by atoms with E-state index in [1.807, 2.05) is 36.4 Å². The van der Waals surface area contributed by atoms with Crippen LogP contribution in [-0.2, 0) is 4.43 Å². The number of hydrogen-bond donors (Lipinski definition) is 0. The van der Waals surface area contributed by atoms with E-state index >= 15 is 0 Å². The third-order valence-corrected chi connectivity index (χ3v) is 14.2. The molecule has 0 saturated heterocycles. The molecule has 0 N–H and O–H groups in total. The fourth-order valence-electron chi connectivity index (χ4n) is 6.19. The van der Waals surface area contributed by atoms with Gasteiger partial charge >= 0.3 is 6.09 Å². The Morgan fingerprint density at radius 2 is 1.33 bits per heavy atom. The van der Waals surface area contributed by atoms with Gasteiger partial charge in [-0.25, -0.2) is 4.79 Å². The van der Waals surface area contributed by atoms with E-state index in [0.29, 0.717) is 12.4 Å². The Kier molecular flexibility index (Phi) is 9.88. The summed E-state index contributed by atoms with van der Waals surface area (Å²) in [6.45, 7) is 16.3. The summed E-state index contributed by atoms with van der Waals surface area (Å²) < 4.78 is 13.2. The van der Waals surface area contributed by atoms with Gasteiger partial charge in [0.1, 0.15) is 19.9 Å². The summed E-state index contributed by atoms with van der Waals surface area (Å²) in [6, 6.07) is 38.3. The van der Waals surface area contributed by atoms with E-state index in [4.69, 9.17) is 9.16 Å². The van der Waals surface area contributed by atoms with E-state index in [2.05, 4.69) is 132 Å². The van der Waals surface area contributed by atoms with Crippen molar-refractivity contribution in [3.05, 3.63) is 127 Å². The molecule has 1 aliphatic heterocycles. The number of nitrogens with zero attached hydrogens (tertiary/aromatic N) is 1. The van der Waals surface area contributed by atoms with E-state index < -0.39 is 28.5 Å². The summed E-state index contributed by atoms with van der Waals surface area (Å²) in [5, 5.41) is 2.39. The van der Waals surface area contributed by atoms with Crippen LogP contribution in [-0.4, -0.2) is 35.1 Å². The normalized spacial score (nSPS) is 15.6. The molecule has 0 saturated carbocycles. The Bertz CT molecular complexity index is 1690. The summed E-state index contributed by atoms with van der Waals surface area (Å²) in [4.78, 5) is 15.5. The van der Waals surface area contributed by atoms with E-state index in [1.54, 1.807) is 17.0 Å². The molecule has 4 nitrogen and oxygen atoms in total. The van der Waals surface area contributed by atoms with Crippen LogP contribution in [0.2, 0.25) is 24.7 Å². The zero-order valence-electron chi connectivity index (χ0n) is 28.1. The van der Waals surface area contributed by atoms with Gasteiger partial charge in [0, 0.05) is 18.1 Å². The maximum Gasteiger partial charge on any atom is 0.421 e. The molecule has 0 unspecified atom stereocenters. The topological polar surface area (TPSA) is 38.8 Å². The van der Waals surface area contributed by atoms with Crippen molar-refractivity contribution >= 4 is 44.1 Å². The molecule has 236 valence electrons. The molecular formula is C40H45NO3Si2. The van der Waals surface area contributed by atoms with Crippen LogP contribution in [0.4, 0.5) is 10.5 Å². The molecule has 4 aromatic rings. The molecule has 0 fully saturated rings. The molecule has 0 aromatic heterocycles. The highest BCUT2D eigenvalue weighted by Gasteiger charge is 2.50. The van der Waals surface area contributed by atoms with Gasteiger partial charge in [-0.3, -0.25) is 4.90 Å². The predicted octanol–water partition coefficient (Wildman–Crippen LogP) is 8.55. The minimum Gasteiger partial charge on any atom is -0.410 e. The number of rotatable bonds is 7. The van der Waals surface area contributed by atoms with Crippen molar-refractivity contribution in [2.45, 2.75) is 58.4 Å². The Morgan fingerprint density at radius 1 is 0.804 bits per heavy atom. The fraction of sp³-hybridized carbons (Fsp3) is 0.275. The highest BCUT2D eigenvalue weighted by molar-refractivity contribution is 6.99. The number of carbonyl (C=O) groups excluding carboxylic acids is 1. The first kappa shape index (κ1) is 33.2. The van der Waals surface area contributed by atoms with Gasteiger partial charge in [0.15, 0.2) is 0 Å². The van der Waals surface area contributed by atoms with Crippen LogP contribution >= 0.6 is 0 Å². The zero-order chi connectivity index (χ0) is 33.0. The monoisotopic (exact) mass is 643 g/mol. The van der Waals surface area contributed by atoms with Crippen LogP contribution in [0.25, 0.3) is 5.57 Å². The van der Waals surface area contributed by atoms with Crippen molar-refractivity contribution in [2.24, 2.45) is 5.92 Å². The van der Waals surface area contributed by atoms with Crippen LogP contribution in [0.1, 0.15) is 33.3 Å². The zero-order valence-corrected chi connectivity index (χ0v) is 30.1. The second-order valence-corrected chi connectivity index (χ2v) is 23.1. The van der Waals surface area contributed by atoms with Crippen molar-refractivity contribution < 1.29 is 14.0 Å². The second-order valence-electron chi connectivity index (χ2n) is 14.0. The van der Waals surface area contributed by atoms with Gasteiger partial charge in [-0.1, -0.05) is 150 Å². The first-order chi connectivity index (χ1) is 21.9. The smallest absolute Gasteiger partial charge is 0.410 e. The summed E-state index contributed by atoms with van der Waals surface area (Å²) in [7, 11) is -4.48. The first-order valence-corrected chi connectivity index (χ1v) is 21.5. The van der Waals surface area contributed by atoms with Crippen molar-refractivity contribution in [3.8, 4) is 17.2 Å². The lowest BCUT2D eigenvalue weighted by molar-refractivity contribution is 0.207. The van der Waals surface area contributed by atoms with E-state index in [9.17, 15) is 4.79 Å². The number of amides is 1. The fourth-order valence-corrected chi connectivity index (χ4v) is 11.4.